The van der Waals surface area contributed by atoms with Crippen molar-refractivity contribution < 1.29 is 9.32 Å². The highest BCUT2D eigenvalue weighted by Gasteiger charge is 2.11. The number of quaternary nitrogens is 1. The highest BCUT2D eigenvalue weighted by molar-refractivity contribution is 6.06. The summed E-state index contributed by atoms with van der Waals surface area (Å²) in [6, 6.07) is 13.7. The smallest absolute Gasteiger partial charge is 0.336 e. The van der Waals surface area contributed by atoms with Gasteiger partial charge in [0.05, 0.1) is 14.1 Å². The molecule has 0 spiro atoms. The van der Waals surface area contributed by atoms with Gasteiger partial charge in [-0.3, -0.25) is 0 Å². The van der Waals surface area contributed by atoms with Crippen molar-refractivity contribution in [3.63, 3.8) is 0 Å². The Morgan fingerprint density at radius 3 is 2.68 bits per heavy atom. The van der Waals surface area contributed by atoms with Crippen LogP contribution in [0.2, 0.25) is 0 Å². The zero-order chi connectivity index (χ0) is 13.4. The van der Waals surface area contributed by atoms with Crippen LogP contribution in [0, 0.1) is 0 Å². The van der Waals surface area contributed by atoms with Gasteiger partial charge in [-0.05, 0) is 16.8 Å². The third-order valence-electron chi connectivity index (χ3n) is 3.26. The lowest BCUT2D eigenvalue weighted by Crippen LogP contribution is -3.04. The van der Waals surface area contributed by atoms with Crippen molar-refractivity contribution in [3.8, 4) is 0 Å². The predicted molar refractivity (Wildman–Crippen MR) is 76.5 cm³/mol. The molecular formula is C16H16NO2+. The highest BCUT2D eigenvalue weighted by Crippen LogP contribution is 2.26. The molecule has 3 aromatic rings. The topological polar surface area (TPSA) is 34.7 Å². The van der Waals surface area contributed by atoms with E-state index in [0.29, 0.717) is 5.58 Å². The maximum Gasteiger partial charge on any atom is 0.336 e. The summed E-state index contributed by atoms with van der Waals surface area (Å²) in [4.78, 5) is 12.9. The molecule has 1 N–H and O–H groups in total. The van der Waals surface area contributed by atoms with Gasteiger partial charge in [0.2, 0.25) is 0 Å². The summed E-state index contributed by atoms with van der Waals surface area (Å²) in [6.07, 6.45) is 0. The quantitative estimate of drug-likeness (QED) is 0.557. The standard InChI is InChI=1S/C16H15NO2/c1-17(2)10-12-9-15(18)19-14-8-7-11-5-3-4-6-13(11)16(12)14/h3-9H,10H2,1-2H3/p+1. The van der Waals surface area contributed by atoms with E-state index in [0.717, 1.165) is 22.9 Å². The SMILES string of the molecule is C[NH+](C)Cc1cc(=O)oc2ccc3ccccc3c12. The van der Waals surface area contributed by atoms with E-state index in [1.807, 2.05) is 24.3 Å². The van der Waals surface area contributed by atoms with Crippen LogP contribution in [0.3, 0.4) is 0 Å². The minimum absolute atomic E-state index is 0.279. The van der Waals surface area contributed by atoms with Crippen LogP contribution in [0.15, 0.2) is 51.7 Å². The Kier molecular flexibility index (Phi) is 2.84. The van der Waals surface area contributed by atoms with Crippen LogP contribution in [-0.2, 0) is 6.54 Å². The lowest BCUT2D eigenvalue weighted by molar-refractivity contribution is -0.872. The Bertz CT molecular complexity index is 803. The summed E-state index contributed by atoms with van der Waals surface area (Å²) >= 11 is 0. The Hall–Kier alpha value is -2.13. The molecule has 2 aromatic carbocycles. The Morgan fingerprint density at radius 1 is 1.11 bits per heavy atom. The van der Waals surface area contributed by atoms with Crippen LogP contribution in [0.5, 0.6) is 0 Å². The van der Waals surface area contributed by atoms with Crippen LogP contribution in [0.25, 0.3) is 21.7 Å². The van der Waals surface area contributed by atoms with Crippen molar-refractivity contribution in [2.75, 3.05) is 14.1 Å². The summed E-state index contributed by atoms with van der Waals surface area (Å²) in [6.45, 7) is 0.802. The Balaban J connectivity index is 2.45. The molecule has 96 valence electrons. The van der Waals surface area contributed by atoms with Gasteiger partial charge in [0.25, 0.3) is 0 Å². The zero-order valence-corrected chi connectivity index (χ0v) is 11.1. The summed E-state index contributed by atoms with van der Waals surface area (Å²) in [5.74, 6) is 0. The molecule has 3 heteroatoms. The van der Waals surface area contributed by atoms with Crippen LogP contribution in [0.4, 0.5) is 0 Å². The van der Waals surface area contributed by atoms with Crippen molar-refractivity contribution in [2.45, 2.75) is 6.54 Å². The first-order chi connectivity index (χ1) is 9.15. The molecule has 0 amide bonds. The molecule has 0 radical (unpaired) electrons. The summed E-state index contributed by atoms with van der Waals surface area (Å²) in [7, 11) is 4.15. The van der Waals surface area contributed by atoms with E-state index in [4.69, 9.17) is 4.42 Å². The van der Waals surface area contributed by atoms with Gasteiger partial charge in [0.15, 0.2) is 0 Å². The first-order valence-corrected chi connectivity index (χ1v) is 6.38. The molecule has 0 bridgehead atoms. The summed E-state index contributed by atoms with van der Waals surface area (Å²) in [5, 5.41) is 3.36. The van der Waals surface area contributed by atoms with Gasteiger partial charge in [0, 0.05) is 17.0 Å². The molecule has 0 saturated carbocycles. The van der Waals surface area contributed by atoms with E-state index >= 15 is 0 Å². The number of fused-ring (bicyclic) bond motifs is 3. The predicted octanol–water partition coefficient (Wildman–Crippen LogP) is 1.59. The molecule has 1 aromatic heterocycles. The van der Waals surface area contributed by atoms with Crippen molar-refractivity contribution in [1.82, 2.24) is 0 Å². The molecule has 0 saturated heterocycles. The molecule has 3 rings (SSSR count). The van der Waals surface area contributed by atoms with E-state index in [1.165, 1.54) is 10.3 Å². The van der Waals surface area contributed by atoms with Crippen LogP contribution >= 0.6 is 0 Å². The fraction of sp³-hybridized carbons (Fsp3) is 0.188. The van der Waals surface area contributed by atoms with E-state index in [2.05, 4.69) is 26.2 Å². The molecule has 3 nitrogen and oxygen atoms in total. The highest BCUT2D eigenvalue weighted by atomic mass is 16.4. The minimum atomic E-state index is -0.279. The molecular weight excluding hydrogens is 238 g/mol. The molecule has 0 aliphatic carbocycles. The summed E-state index contributed by atoms with van der Waals surface area (Å²) in [5.41, 5.74) is 1.43. The van der Waals surface area contributed by atoms with Crippen LogP contribution in [-0.4, -0.2) is 14.1 Å². The van der Waals surface area contributed by atoms with Crippen LogP contribution in [0.1, 0.15) is 5.56 Å². The van der Waals surface area contributed by atoms with E-state index in [1.54, 1.807) is 6.07 Å². The molecule has 0 unspecified atom stereocenters. The average molecular weight is 254 g/mol. The second kappa shape index (κ2) is 4.52. The molecule has 1 heterocycles. The van der Waals surface area contributed by atoms with E-state index in [-0.39, 0.29) is 5.63 Å². The molecule has 0 atom stereocenters. The number of hydrogen-bond donors (Lipinski definition) is 1. The fourth-order valence-corrected chi connectivity index (χ4v) is 2.54. The second-order valence-corrected chi connectivity index (χ2v) is 5.13. The largest absolute Gasteiger partial charge is 0.423 e. The third kappa shape index (κ3) is 2.13. The lowest BCUT2D eigenvalue weighted by atomic mass is 10.0. The number of nitrogens with one attached hydrogen (secondary N) is 1. The normalized spacial score (nSPS) is 11.5. The van der Waals surface area contributed by atoms with Crippen molar-refractivity contribution in [2.24, 2.45) is 0 Å². The van der Waals surface area contributed by atoms with Gasteiger partial charge in [-0.15, -0.1) is 0 Å². The molecule has 0 aliphatic rings. The second-order valence-electron chi connectivity index (χ2n) is 5.13. The maximum atomic E-state index is 11.6. The van der Waals surface area contributed by atoms with Crippen molar-refractivity contribution >= 4 is 21.7 Å². The number of benzene rings is 2. The van der Waals surface area contributed by atoms with Gasteiger partial charge >= 0.3 is 5.63 Å². The number of hydrogen-bond acceptors (Lipinski definition) is 2. The number of rotatable bonds is 2. The van der Waals surface area contributed by atoms with Crippen molar-refractivity contribution in [1.29, 1.82) is 0 Å². The molecule has 0 aliphatic heterocycles. The van der Waals surface area contributed by atoms with E-state index in [9.17, 15) is 4.79 Å². The lowest BCUT2D eigenvalue weighted by Gasteiger charge is -2.11. The van der Waals surface area contributed by atoms with Crippen LogP contribution < -0.4 is 10.5 Å². The van der Waals surface area contributed by atoms with Gasteiger partial charge in [0.1, 0.15) is 12.1 Å². The first-order valence-electron chi connectivity index (χ1n) is 6.38. The Labute approximate surface area is 111 Å². The molecule has 0 fully saturated rings. The maximum absolute atomic E-state index is 11.6. The molecule has 19 heavy (non-hydrogen) atoms. The zero-order valence-electron chi connectivity index (χ0n) is 11.1. The van der Waals surface area contributed by atoms with Gasteiger partial charge in [-0.25, -0.2) is 4.79 Å². The van der Waals surface area contributed by atoms with Gasteiger partial charge in [-0.1, -0.05) is 30.3 Å². The first kappa shape index (κ1) is 11.9. The minimum Gasteiger partial charge on any atom is -0.423 e. The van der Waals surface area contributed by atoms with Gasteiger partial charge < -0.3 is 9.32 Å². The van der Waals surface area contributed by atoms with Crippen molar-refractivity contribution in [3.05, 3.63) is 58.4 Å². The average Bonchev–Trinajstić information content (AvgIpc) is 2.37. The third-order valence-corrected chi connectivity index (χ3v) is 3.26. The summed E-state index contributed by atoms with van der Waals surface area (Å²) < 4.78 is 5.33. The fourth-order valence-electron chi connectivity index (χ4n) is 2.54. The van der Waals surface area contributed by atoms with Gasteiger partial charge in [-0.2, -0.15) is 0 Å². The Morgan fingerprint density at radius 2 is 1.89 bits per heavy atom. The van der Waals surface area contributed by atoms with E-state index < -0.39 is 0 Å². The monoisotopic (exact) mass is 254 g/mol.